The van der Waals surface area contributed by atoms with Crippen LogP contribution in [0.5, 0.6) is 5.75 Å². The molecule has 0 bridgehead atoms. The maximum atomic E-state index is 13.9. The van der Waals surface area contributed by atoms with Gasteiger partial charge in [-0.15, -0.1) is 0 Å². The average molecular weight is 312 g/mol. The summed E-state index contributed by atoms with van der Waals surface area (Å²) in [5, 5.41) is 3.23. The SMILES string of the molecule is CCNC(c1ccc(OC)c(F)c1)c1cccc(F)c1Cl. The van der Waals surface area contributed by atoms with Crippen LogP contribution in [0, 0.1) is 11.6 Å². The van der Waals surface area contributed by atoms with Gasteiger partial charge in [0.1, 0.15) is 5.82 Å². The summed E-state index contributed by atoms with van der Waals surface area (Å²) in [5.74, 6) is -0.796. The van der Waals surface area contributed by atoms with E-state index in [4.69, 9.17) is 16.3 Å². The highest BCUT2D eigenvalue weighted by atomic mass is 35.5. The third-order valence-electron chi connectivity index (χ3n) is 3.21. The quantitative estimate of drug-likeness (QED) is 0.887. The topological polar surface area (TPSA) is 21.3 Å². The number of methoxy groups -OCH3 is 1. The molecular weight excluding hydrogens is 296 g/mol. The molecule has 2 aromatic carbocycles. The van der Waals surface area contributed by atoms with Gasteiger partial charge in [0.2, 0.25) is 0 Å². The third-order valence-corrected chi connectivity index (χ3v) is 3.61. The van der Waals surface area contributed by atoms with Crippen LogP contribution in [-0.4, -0.2) is 13.7 Å². The molecule has 0 aliphatic rings. The molecule has 0 spiro atoms. The highest BCUT2D eigenvalue weighted by Gasteiger charge is 2.19. The second-order valence-electron chi connectivity index (χ2n) is 4.53. The van der Waals surface area contributed by atoms with E-state index in [1.165, 1.54) is 19.2 Å². The van der Waals surface area contributed by atoms with E-state index in [1.807, 2.05) is 6.92 Å². The molecule has 0 aliphatic carbocycles. The smallest absolute Gasteiger partial charge is 0.165 e. The van der Waals surface area contributed by atoms with Crippen molar-refractivity contribution in [1.29, 1.82) is 0 Å². The van der Waals surface area contributed by atoms with Crippen LogP contribution in [0.2, 0.25) is 5.02 Å². The van der Waals surface area contributed by atoms with Gasteiger partial charge in [0.25, 0.3) is 0 Å². The fourth-order valence-electron chi connectivity index (χ4n) is 2.22. The Kier molecular flexibility index (Phi) is 5.15. The Hall–Kier alpha value is -1.65. The maximum Gasteiger partial charge on any atom is 0.165 e. The molecule has 0 heterocycles. The highest BCUT2D eigenvalue weighted by Crippen LogP contribution is 2.31. The second kappa shape index (κ2) is 6.87. The summed E-state index contributed by atoms with van der Waals surface area (Å²) < 4.78 is 32.4. The first-order valence-electron chi connectivity index (χ1n) is 6.59. The molecule has 5 heteroatoms. The number of rotatable bonds is 5. The minimum Gasteiger partial charge on any atom is -0.494 e. The van der Waals surface area contributed by atoms with Crippen molar-refractivity contribution in [3.63, 3.8) is 0 Å². The van der Waals surface area contributed by atoms with Crippen LogP contribution in [-0.2, 0) is 0 Å². The molecule has 0 saturated heterocycles. The van der Waals surface area contributed by atoms with E-state index in [2.05, 4.69) is 5.32 Å². The highest BCUT2D eigenvalue weighted by molar-refractivity contribution is 6.31. The minimum atomic E-state index is -0.494. The van der Waals surface area contributed by atoms with Gasteiger partial charge < -0.3 is 10.1 Å². The summed E-state index contributed by atoms with van der Waals surface area (Å²) in [6.45, 7) is 2.55. The Morgan fingerprint density at radius 2 is 1.95 bits per heavy atom. The Morgan fingerprint density at radius 3 is 2.57 bits per heavy atom. The normalized spacial score (nSPS) is 12.2. The van der Waals surface area contributed by atoms with Gasteiger partial charge in [-0.05, 0) is 35.9 Å². The molecule has 1 unspecified atom stereocenters. The molecule has 21 heavy (non-hydrogen) atoms. The largest absolute Gasteiger partial charge is 0.494 e. The Bertz CT molecular complexity index is 634. The first-order chi connectivity index (χ1) is 10.1. The van der Waals surface area contributed by atoms with Gasteiger partial charge in [-0.3, -0.25) is 0 Å². The lowest BCUT2D eigenvalue weighted by Crippen LogP contribution is -2.22. The summed E-state index contributed by atoms with van der Waals surface area (Å²) in [4.78, 5) is 0. The van der Waals surface area contributed by atoms with E-state index in [1.54, 1.807) is 24.3 Å². The van der Waals surface area contributed by atoms with Gasteiger partial charge in [0.05, 0.1) is 18.2 Å². The Balaban J connectivity index is 2.48. The Labute approximate surface area is 127 Å². The van der Waals surface area contributed by atoms with E-state index in [-0.39, 0.29) is 10.8 Å². The Morgan fingerprint density at radius 1 is 1.19 bits per heavy atom. The van der Waals surface area contributed by atoms with Gasteiger partial charge in [0.15, 0.2) is 11.6 Å². The predicted molar refractivity (Wildman–Crippen MR) is 79.9 cm³/mol. The number of ether oxygens (including phenoxy) is 1. The molecule has 112 valence electrons. The number of hydrogen-bond acceptors (Lipinski definition) is 2. The molecule has 0 radical (unpaired) electrons. The molecule has 1 atom stereocenters. The molecule has 1 N–H and O–H groups in total. The number of nitrogens with one attached hydrogen (secondary N) is 1. The first kappa shape index (κ1) is 15.7. The van der Waals surface area contributed by atoms with Gasteiger partial charge in [0, 0.05) is 0 Å². The zero-order valence-electron chi connectivity index (χ0n) is 11.8. The average Bonchev–Trinajstić information content (AvgIpc) is 2.48. The van der Waals surface area contributed by atoms with E-state index < -0.39 is 17.7 Å². The van der Waals surface area contributed by atoms with Crippen LogP contribution in [0.25, 0.3) is 0 Å². The van der Waals surface area contributed by atoms with E-state index in [0.29, 0.717) is 17.7 Å². The summed E-state index contributed by atoms with van der Waals surface area (Å²) in [6.07, 6.45) is 0. The van der Waals surface area contributed by atoms with Crippen molar-refractivity contribution >= 4 is 11.6 Å². The molecule has 0 aromatic heterocycles. The number of hydrogen-bond donors (Lipinski definition) is 1. The monoisotopic (exact) mass is 311 g/mol. The van der Waals surface area contributed by atoms with Gasteiger partial charge >= 0.3 is 0 Å². The van der Waals surface area contributed by atoms with Crippen LogP contribution >= 0.6 is 11.6 Å². The molecule has 2 nitrogen and oxygen atoms in total. The van der Waals surface area contributed by atoms with Crippen molar-refractivity contribution in [2.45, 2.75) is 13.0 Å². The van der Waals surface area contributed by atoms with Crippen molar-refractivity contribution in [2.24, 2.45) is 0 Å². The zero-order chi connectivity index (χ0) is 15.4. The van der Waals surface area contributed by atoms with Crippen molar-refractivity contribution in [3.05, 3.63) is 64.2 Å². The molecule has 0 amide bonds. The summed E-state index contributed by atoms with van der Waals surface area (Å²) in [7, 11) is 1.41. The van der Waals surface area contributed by atoms with E-state index in [0.717, 1.165) is 0 Å². The van der Waals surface area contributed by atoms with Gasteiger partial charge in [-0.2, -0.15) is 0 Å². The van der Waals surface area contributed by atoms with Crippen LogP contribution < -0.4 is 10.1 Å². The summed E-state index contributed by atoms with van der Waals surface area (Å²) >= 11 is 6.04. The third kappa shape index (κ3) is 3.34. The van der Waals surface area contributed by atoms with Crippen molar-refractivity contribution in [3.8, 4) is 5.75 Å². The van der Waals surface area contributed by atoms with Crippen molar-refractivity contribution < 1.29 is 13.5 Å². The second-order valence-corrected chi connectivity index (χ2v) is 4.91. The zero-order valence-corrected chi connectivity index (χ0v) is 12.5. The summed E-state index contributed by atoms with van der Waals surface area (Å²) in [5.41, 5.74) is 1.23. The fourth-order valence-corrected chi connectivity index (χ4v) is 2.45. The van der Waals surface area contributed by atoms with E-state index >= 15 is 0 Å². The van der Waals surface area contributed by atoms with Crippen LogP contribution in [0.1, 0.15) is 24.1 Å². The molecular formula is C16H16ClF2NO. The standard InChI is InChI=1S/C16H16ClF2NO/c1-3-20-16(11-5-4-6-12(18)15(11)17)10-7-8-14(21-2)13(19)9-10/h4-9,16,20H,3H2,1-2H3. The van der Waals surface area contributed by atoms with Crippen LogP contribution in [0.3, 0.4) is 0 Å². The minimum absolute atomic E-state index is 0.0414. The molecule has 2 aromatic rings. The summed E-state index contributed by atoms with van der Waals surface area (Å²) in [6, 6.07) is 8.86. The van der Waals surface area contributed by atoms with Crippen molar-refractivity contribution in [2.75, 3.05) is 13.7 Å². The molecule has 0 saturated carbocycles. The number of benzene rings is 2. The maximum absolute atomic E-state index is 13.9. The fraction of sp³-hybridized carbons (Fsp3) is 0.250. The van der Waals surface area contributed by atoms with Crippen molar-refractivity contribution in [1.82, 2.24) is 5.32 Å². The van der Waals surface area contributed by atoms with Gasteiger partial charge in [-0.1, -0.05) is 36.7 Å². The van der Waals surface area contributed by atoms with Gasteiger partial charge in [-0.25, -0.2) is 8.78 Å². The molecule has 0 fully saturated rings. The lowest BCUT2D eigenvalue weighted by atomic mass is 9.98. The van der Waals surface area contributed by atoms with Crippen LogP contribution in [0.4, 0.5) is 8.78 Å². The molecule has 0 aliphatic heterocycles. The lowest BCUT2D eigenvalue weighted by Gasteiger charge is -2.21. The van der Waals surface area contributed by atoms with E-state index in [9.17, 15) is 8.78 Å². The molecule has 2 rings (SSSR count). The lowest BCUT2D eigenvalue weighted by molar-refractivity contribution is 0.385. The first-order valence-corrected chi connectivity index (χ1v) is 6.97. The number of halogens is 3. The predicted octanol–water partition coefficient (Wildman–Crippen LogP) is 4.33. The van der Waals surface area contributed by atoms with Crippen LogP contribution in [0.15, 0.2) is 36.4 Å².